The maximum absolute atomic E-state index is 6.58. The number of rotatable bonds is 10. The second-order valence-corrected chi connectivity index (χ2v) is 18.4. The molecule has 0 N–H and O–H groups in total. The van der Waals surface area contributed by atoms with E-state index in [2.05, 4.69) is 278 Å². The zero-order chi connectivity index (χ0) is 47.8. The van der Waals surface area contributed by atoms with Gasteiger partial charge in [0.25, 0.3) is 0 Å². The van der Waals surface area contributed by atoms with Gasteiger partial charge in [-0.1, -0.05) is 231 Å². The Kier molecular flexibility index (Phi) is 10.9. The normalized spacial score (nSPS) is 11.3. The Morgan fingerprint density at radius 1 is 0.236 bits per heavy atom. The molecule has 13 aromatic rings. The first kappa shape index (κ1) is 42.6. The lowest BCUT2D eigenvalue weighted by molar-refractivity contribution is 0.632. The number of nitrogens with zero attached hydrogens (tertiary/aromatic N) is 1. The Bertz CT molecular complexity index is 4020. The highest BCUT2D eigenvalue weighted by atomic mass is 16.3. The Morgan fingerprint density at radius 2 is 0.625 bits per heavy atom. The Hall–Kier alpha value is -9.50. The van der Waals surface area contributed by atoms with Gasteiger partial charge in [0.1, 0.15) is 11.3 Å². The van der Waals surface area contributed by atoms with E-state index in [1.807, 2.05) is 12.1 Å². The lowest BCUT2D eigenvalue weighted by atomic mass is 9.93. The third-order valence-electron chi connectivity index (χ3n) is 14.1. The van der Waals surface area contributed by atoms with E-state index in [0.29, 0.717) is 0 Å². The summed E-state index contributed by atoms with van der Waals surface area (Å²) >= 11 is 0. The highest BCUT2D eigenvalue weighted by molar-refractivity contribution is 6.14. The molecule has 0 spiro atoms. The van der Waals surface area contributed by atoms with Gasteiger partial charge in [0.2, 0.25) is 0 Å². The van der Waals surface area contributed by atoms with Gasteiger partial charge in [0, 0.05) is 33.6 Å². The molecular weight excluding hydrogens is 871 g/mol. The molecule has 2 nitrogen and oxygen atoms in total. The highest BCUT2D eigenvalue weighted by Crippen LogP contribution is 2.43. The van der Waals surface area contributed by atoms with Crippen molar-refractivity contribution in [3.05, 3.63) is 285 Å². The average Bonchev–Trinajstić information content (AvgIpc) is 3.86. The molecule has 0 aliphatic heterocycles. The number of fused-ring (bicyclic) bond motifs is 4. The molecule has 0 radical (unpaired) electrons. The first-order chi connectivity index (χ1) is 35.7. The van der Waals surface area contributed by atoms with Crippen LogP contribution in [0.5, 0.6) is 0 Å². The minimum atomic E-state index is 0.884. The minimum absolute atomic E-state index is 0.884. The standard InChI is InChI=1S/C70H47NO/c1-3-14-48(15-4-1)49-26-28-50(29-27-49)52-34-40-60(41-35-52)71(62-44-38-55(39-45-62)67-47-58-18-7-8-21-63(58)64-22-9-10-23-65(64)67)61-42-36-53(37-43-61)51-30-32-54(33-31-51)57-19-13-20-59(46-57)70-69(56-16-5-2-6-17-56)66-24-11-12-25-68(66)72-70/h1-47H. The molecule has 72 heavy (non-hydrogen) atoms. The fourth-order valence-corrected chi connectivity index (χ4v) is 10.5. The largest absolute Gasteiger partial charge is 0.455 e. The number of para-hydroxylation sites is 1. The van der Waals surface area contributed by atoms with Gasteiger partial charge in [-0.25, -0.2) is 0 Å². The van der Waals surface area contributed by atoms with Gasteiger partial charge in [-0.2, -0.15) is 0 Å². The van der Waals surface area contributed by atoms with Gasteiger partial charge in [0.05, 0.1) is 0 Å². The van der Waals surface area contributed by atoms with E-state index in [-0.39, 0.29) is 0 Å². The van der Waals surface area contributed by atoms with Crippen molar-refractivity contribution in [2.75, 3.05) is 4.90 Å². The van der Waals surface area contributed by atoms with Crippen molar-refractivity contribution in [1.29, 1.82) is 0 Å². The molecular formula is C70H47NO. The van der Waals surface area contributed by atoms with Crippen LogP contribution in [0.2, 0.25) is 0 Å². The molecule has 0 saturated heterocycles. The maximum Gasteiger partial charge on any atom is 0.143 e. The first-order valence-electron chi connectivity index (χ1n) is 24.6. The molecule has 0 aliphatic rings. The lowest BCUT2D eigenvalue weighted by Crippen LogP contribution is -2.09. The second-order valence-electron chi connectivity index (χ2n) is 18.4. The summed E-state index contributed by atoms with van der Waals surface area (Å²) in [5.41, 5.74) is 19.3. The summed E-state index contributed by atoms with van der Waals surface area (Å²) in [5.74, 6) is 0.884. The Balaban J connectivity index is 0.818. The van der Waals surface area contributed by atoms with Crippen LogP contribution in [-0.2, 0) is 0 Å². The SMILES string of the molecule is c1ccc(-c2ccc(-c3ccc(N(c4ccc(-c5ccc(-c6cccc(-c7oc8ccccc8c7-c7ccccc7)c6)cc5)cc4)c4ccc(-c5cc6ccccc6c6ccccc56)cc4)cc3)cc2)cc1. The van der Waals surface area contributed by atoms with E-state index in [0.717, 1.165) is 72.7 Å². The summed E-state index contributed by atoms with van der Waals surface area (Å²) in [5, 5.41) is 6.16. The molecule has 13 rings (SSSR count). The maximum atomic E-state index is 6.58. The van der Waals surface area contributed by atoms with E-state index < -0.39 is 0 Å². The summed E-state index contributed by atoms with van der Waals surface area (Å²) in [4.78, 5) is 2.36. The van der Waals surface area contributed by atoms with Gasteiger partial charge in [0.15, 0.2) is 0 Å². The third kappa shape index (κ3) is 8.01. The molecule has 338 valence electrons. The van der Waals surface area contributed by atoms with Gasteiger partial charge >= 0.3 is 0 Å². The average molecular weight is 918 g/mol. The molecule has 0 aliphatic carbocycles. The first-order valence-corrected chi connectivity index (χ1v) is 24.6. The zero-order valence-electron chi connectivity index (χ0n) is 39.5. The Labute approximate surface area is 420 Å². The van der Waals surface area contributed by atoms with E-state index in [9.17, 15) is 0 Å². The van der Waals surface area contributed by atoms with Crippen molar-refractivity contribution in [2.45, 2.75) is 0 Å². The van der Waals surface area contributed by atoms with Crippen LogP contribution in [0.25, 0.3) is 111 Å². The van der Waals surface area contributed by atoms with Crippen LogP contribution in [0.4, 0.5) is 17.1 Å². The van der Waals surface area contributed by atoms with Crippen LogP contribution in [0.15, 0.2) is 290 Å². The molecule has 0 atom stereocenters. The number of hydrogen-bond donors (Lipinski definition) is 0. The molecule has 2 heteroatoms. The van der Waals surface area contributed by atoms with Crippen molar-refractivity contribution in [1.82, 2.24) is 0 Å². The number of furan rings is 1. The fourth-order valence-electron chi connectivity index (χ4n) is 10.5. The van der Waals surface area contributed by atoms with Crippen LogP contribution in [-0.4, -0.2) is 0 Å². The number of anilines is 3. The molecule has 0 amide bonds. The van der Waals surface area contributed by atoms with Crippen LogP contribution >= 0.6 is 0 Å². The summed E-state index contributed by atoms with van der Waals surface area (Å²) in [6.07, 6.45) is 0. The predicted octanol–water partition coefficient (Wildman–Crippen LogP) is 19.9. The molecule has 12 aromatic carbocycles. The van der Waals surface area contributed by atoms with Gasteiger partial charge in [-0.3, -0.25) is 0 Å². The molecule has 1 heterocycles. The smallest absolute Gasteiger partial charge is 0.143 e. The van der Waals surface area contributed by atoms with E-state index in [1.165, 1.54) is 54.9 Å². The van der Waals surface area contributed by atoms with Crippen molar-refractivity contribution < 1.29 is 4.42 Å². The molecule has 0 unspecified atom stereocenters. The van der Waals surface area contributed by atoms with Crippen LogP contribution < -0.4 is 4.90 Å². The fraction of sp³-hybridized carbons (Fsp3) is 0. The van der Waals surface area contributed by atoms with Gasteiger partial charge in [-0.05, 0) is 137 Å². The molecule has 0 bridgehead atoms. The Morgan fingerprint density at radius 3 is 1.19 bits per heavy atom. The second kappa shape index (κ2) is 18.4. The highest BCUT2D eigenvalue weighted by Gasteiger charge is 2.19. The summed E-state index contributed by atoms with van der Waals surface area (Å²) in [6.45, 7) is 0. The minimum Gasteiger partial charge on any atom is -0.455 e. The summed E-state index contributed by atoms with van der Waals surface area (Å²) in [6, 6.07) is 103. The van der Waals surface area contributed by atoms with Crippen LogP contribution in [0.1, 0.15) is 0 Å². The van der Waals surface area contributed by atoms with Crippen molar-refractivity contribution >= 4 is 49.6 Å². The van der Waals surface area contributed by atoms with E-state index in [4.69, 9.17) is 4.42 Å². The molecule has 1 aromatic heterocycles. The van der Waals surface area contributed by atoms with Gasteiger partial charge < -0.3 is 9.32 Å². The monoisotopic (exact) mass is 917 g/mol. The van der Waals surface area contributed by atoms with Crippen molar-refractivity contribution in [2.24, 2.45) is 0 Å². The molecule has 0 fully saturated rings. The quantitative estimate of drug-likeness (QED) is 0.127. The van der Waals surface area contributed by atoms with Crippen molar-refractivity contribution in [3.8, 4) is 78.1 Å². The summed E-state index contributed by atoms with van der Waals surface area (Å²) < 4.78 is 6.58. The van der Waals surface area contributed by atoms with Crippen LogP contribution in [0, 0.1) is 0 Å². The van der Waals surface area contributed by atoms with E-state index in [1.54, 1.807) is 0 Å². The third-order valence-corrected chi connectivity index (χ3v) is 14.1. The lowest BCUT2D eigenvalue weighted by Gasteiger charge is -2.26. The molecule has 0 saturated carbocycles. The van der Waals surface area contributed by atoms with Gasteiger partial charge in [-0.15, -0.1) is 0 Å². The van der Waals surface area contributed by atoms with Crippen molar-refractivity contribution in [3.63, 3.8) is 0 Å². The summed E-state index contributed by atoms with van der Waals surface area (Å²) in [7, 11) is 0. The van der Waals surface area contributed by atoms with Crippen LogP contribution in [0.3, 0.4) is 0 Å². The topological polar surface area (TPSA) is 16.4 Å². The zero-order valence-corrected chi connectivity index (χ0v) is 39.5. The predicted molar refractivity (Wildman–Crippen MR) is 304 cm³/mol. The number of benzene rings is 12. The van der Waals surface area contributed by atoms with E-state index >= 15 is 0 Å². The number of hydrogen-bond acceptors (Lipinski definition) is 2.